The number of carbonyl (C=O) groups excluding carboxylic acids is 4. The molecule has 2 atom stereocenters. The van der Waals surface area contributed by atoms with E-state index in [1.54, 1.807) is 36.4 Å². The summed E-state index contributed by atoms with van der Waals surface area (Å²) in [4.78, 5) is 51.8. The van der Waals surface area contributed by atoms with Crippen molar-refractivity contribution in [2.75, 3.05) is 36.1 Å². The number of hydrogen-bond donors (Lipinski definition) is 1. The number of Topliss-reactive ketones (excluding diaryl/α,β-unsaturated/α-hetero) is 1. The molecule has 0 radical (unpaired) electrons. The normalized spacial score (nSPS) is 17.2. The first-order valence-corrected chi connectivity index (χ1v) is 18.1. The molecule has 9 nitrogen and oxygen atoms in total. The zero-order valence-electron chi connectivity index (χ0n) is 28.9. The maximum Gasteiger partial charge on any atom is 0.265 e. The minimum Gasteiger partial charge on any atom is -0.482 e. The number of amides is 3. The van der Waals surface area contributed by atoms with Gasteiger partial charge in [-0.05, 0) is 37.8 Å². The Bertz CT molecular complexity index is 2180. The Balaban J connectivity index is 1.20. The van der Waals surface area contributed by atoms with Gasteiger partial charge in [-0.2, -0.15) is 0 Å². The van der Waals surface area contributed by atoms with Crippen LogP contribution in [0, 0.1) is 17.6 Å². The predicted molar refractivity (Wildman–Crippen MR) is 199 cm³/mol. The number of benzene rings is 4. The van der Waals surface area contributed by atoms with E-state index >= 15 is 8.78 Å². The molecule has 4 aromatic rings. The Hall–Kier alpha value is -5.00. The Morgan fingerprint density at radius 1 is 0.811 bits per heavy atom. The van der Waals surface area contributed by atoms with Crippen molar-refractivity contribution in [2.24, 2.45) is 5.92 Å². The van der Waals surface area contributed by atoms with Crippen LogP contribution in [0.3, 0.4) is 0 Å². The van der Waals surface area contributed by atoms with E-state index in [0.29, 0.717) is 71.7 Å². The quantitative estimate of drug-likeness (QED) is 0.176. The Kier molecular flexibility index (Phi) is 10.1. The number of nitrogens with one attached hydrogen (secondary N) is 1. The van der Waals surface area contributed by atoms with Crippen LogP contribution in [0.5, 0.6) is 11.5 Å². The SMILES string of the molecule is CC(=O)CC[C@H](C)CN1C(=O)COc2cc(-c3cccc(-c4cccc(-c5cc6c(cc5F)N(C[C@@H]5CCC(=O)N5)C(=O)CO6)c4Cl)c3Cl)c(F)cc21. The third kappa shape index (κ3) is 7.20. The number of hydrogen-bond acceptors (Lipinski definition) is 6. The number of anilines is 2. The van der Waals surface area contributed by atoms with Crippen LogP contribution in [-0.4, -0.2) is 55.8 Å². The van der Waals surface area contributed by atoms with E-state index in [0.717, 1.165) is 0 Å². The summed E-state index contributed by atoms with van der Waals surface area (Å²) in [7, 11) is 0. The lowest BCUT2D eigenvalue weighted by molar-refractivity contribution is -0.122. The molecule has 0 bridgehead atoms. The Labute approximate surface area is 314 Å². The van der Waals surface area contributed by atoms with Gasteiger partial charge < -0.3 is 29.4 Å². The fraction of sp³-hybridized carbons (Fsp3) is 0.300. The average Bonchev–Trinajstić information content (AvgIpc) is 3.54. The summed E-state index contributed by atoms with van der Waals surface area (Å²) in [6.07, 6.45) is 1.92. The first-order valence-electron chi connectivity index (χ1n) is 17.3. The number of halogens is 4. The molecule has 3 heterocycles. The number of ketones is 1. The molecule has 0 saturated carbocycles. The van der Waals surface area contributed by atoms with Crippen LogP contribution in [0.15, 0.2) is 60.7 Å². The number of rotatable bonds is 10. The average molecular weight is 763 g/mol. The van der Waals surface area contributed by atoms with Crippen molar-refractivity contribution in [3.8, 4) is 44.9 Å². The third-order valence-electron chi connectivity index (χ3n) is 9.82. The molecule has 1 saturated heterocycles. The van der Waals surface area contributed by atoms with Gasteiger partial charge in [0.25, 0.3) is 11.8 Å². The molecule has 274 valence electrons. The van der Waals surface area contributed by atoms with E-state index in [1.807, 2.05) is 6.92 Å². The van der Waals surface area contributed by atoms with Crippen molar-refractivity contribution >= 4 is 58.1 Å². The molecule has 3 aliphatic heterocycles. The van der Waals surface area contributed by atoms with E-state index in [9.17, 15) is 19.2 Å². The predicted octanol–water partition coefficient (Wildman–Crippen LogP) is 8.01. The summed E-state index contributed by atoms with van der Waals surface area (Å²) in [5.41, 5.74) is 2.48. The molecular weight excluding hydrogens is 727 g/mol. The van der Waals surface area contributed by atoms with Gasteiger partial charge >= 0.3 is 0 Å². The molecule has 3 aliphatic rings. The molecule has 1 N–H and O–H groups in total. The van der Waals surface area contributed by atoms with Gasteiger partial charge in [0, 0.05) is 77.5 Å². The molecule has 53 heavy (non-hydrogen) atoms. The molecule has 13 heteroatoms. The lowest BCUT2D eigenvalue weighted by Gasteiger charge is -2.32. The van der Waals surface area contributed by atoms with Gasteiger partial charge in [-0.3, -0.25) is 14.4 Å². The van der Waals surface area contributed by atoms with Crippen molar-refractivity contribution in [1.29, 1.82) is 0 Å². The molecule has 0 aromatic heterocycles. The molecule has 0 unspecified atom stereocenters. The molecule has 7 rings (SSSR count). The third-order valence-corrected chi connectivity index (χ3v) is 10.6. The van der Waals surface area contributed by atoms with Crippen LogP contribution in [0.1, 0.15) is 39.5 Å². The van der Waals surface area contributed by atoms with Crippen molar-refractivity contribution in [1.82, 2.24) is 5.32 Å². The number of carbonyl (C=O) groups is 4. The van der Waals surface area contributed by atoms with Crippen LogP contribution in [0.4, 0.5) is 20.2 Å². The largest absolute Gasteiger partial charge is 0.482 e. The van der Waals surface area contributed by atoms with E-state index < -0.39 is 11.6 Å². The van der Waals surface area contributed by atoms with Gasteiger partial charge in [-0.15, -0.1) is 0 Å². The van der Waals surface area contributed by atoms with Gasteiger partial charge in [0.15, 0.2) is 13.2 Å². The smallest absolute Gasteiger partial charge is 0.265 e. The maximum atomic E-state index is 16.0. The minimum absolute atomic E-state index is 0.00318. The van der Waals surface area contributed by atoms with E-state index in [2.05, 4.69) is 5.32 Å². The summed E-state index contributed by atoms with van der Waals surface area (Å²) in [6, 6.07) is 15.4. The highest BCUT2D eigenvalue weighted by Gasteiger charge is 2.33. The number of ether oxygens (including phenoxy) is 2. The number of fused-ring (bicyclic) bond motifs is 2. The van der Waals surface area contributed by atoms with Crippen LogP contribution in [0.2, 0.25) is 10.0 Å². The maximum absolute atomic E-state index is 16.0. The van der Waals surface area contributed by atoms with Crippen molar-refractivity contribution in [3.05, 3.63) is 82.3 Å². The van der Waals surface area contributed by atoms with Crippen molar-refractivity contribution in [2.45, 2.75) is 45.6 Å². The van der Waals surface area contributed by atoms with Gasteiger partial charge in [0.1, 0.15) is 28.9 Å². The highest BCUT2D eigenvalue weighted by Crippen LogP contribution is 2.47. The second kappa shape index (κ2) is 14.8. The zero-order chi connectivity index (χ0) is 37.6. The second-order valence-electron chi connectivity index (χ2n) is 13.7. The minimum atomic E-state index is -0.640. The standard InChI is InChI=1S/C40H35Cl2F2N3O6/c1-21(9-10-22(2)48)17-46-32-15-30(43)28(13-34(32)52-19-37(46)50)26-7-3-5-24(39(26)41)25-6-4-8-27(40(25)42)29-14-35-33(16-31(29)44)47(38(51)20-53-35)18-23-11-12-36(49)45-23/h3-8,13-16,21,23H,9-12,17-20H2,1-2H3,(H,45,49)/t21-,23-/m0/s1. The summed E-state index contributed by atoms with van der Waals surface area (Å²) < 4.78 is 43.4. The van der Waals surface area contributed by atoms with Gasteiger partial charge in [0.2, 0.25) is 5.91 Å². The summed E-state index contributed by atoms with van der Waals surface area (Å²) in [5, 5.41) is 3.21. The molecule has 1 fully saturated rings. The first-order chi connectivity index (χ1) is 25.4. The monoisotopic (exact) mass is 761 g/mol. The lowest BCUT2D eigenvalue weighted by atomic mass is 9.94. The second-order valence-corrected chi connectivity index (χ2v) is 14.4. The van der Waals surface area contributed by atoms with Gasteiger partial charge in [-0.1, -0.05) is 66.5 Å². The summed E-state index contributed by atoms with van der Waals surface area (Å²) in [5.74, 6) is -1.33. The first kappa shape index (κ1) is 36.4. The van der Waals surface area contributed by atoms with E-state index in [4.69, 9.17) is 32.7 Å². The van der Waals surface area contributed by atoms with Crippen LogP contribution in [0.25, 0.3) is 33.4 Å². The van der Waals surface area contributed by atoms with E-state index in [1.165, 1.54) is 41.0 Å². The van der Waals surface area contributed by atoms with Crippen LogP contribution in [-0.2, 0) is 19.2 Å². The molecular formula is C40H35Cl2F2N3O6. The zero-order valence-corrected chi connectivity index (χ0v) is 30.5. The van der Waals surface area contributed by atoms with Gasteiger partial charge in [-0.25, -0.2) is 8.78 Å². The fourth-order valence-corrected chi connectivity index (χ4v) is 7.70. The van der Waals surface area contributed by atoms with Crippen LogP contribution >= 0.6 is 23.2 Å². The lowest BCUT2D eigenvalue weighted by Crippen LogP contribution is -2.46. The topological polar surface area (TPSA) is 105 Å². The van der Waals surface area contributed by atoms with Gasteiger partial charge in [0.05, 0.1) is 21.4 Å². The number of nitrogens with zero attached hydrogens (tertiary/aromatic N) is 2. The highest BCUT2D eigenvalue weighted by molar-refractivity contribution is 6.39. The van der Waals surface area contributed by atoms with Crippen LogP contribution < -0.4 is 24.6 Å². The molecule has 0 aliphatic carbocycles. The molecule has 4 aromatic carbocycles. The van der Waals surface area contributed by atoms with Crippen molar-refractivity contribution in [3.63, 3.8) is 0 Å². The Morgan fingerprint density at radius 2 is 1.30 bits per heavy atom. The molecule has 3 amide bonds. The van der Waals surface area contributed by atoms with E-state index in [-0.39, 0.29) is 82.1 Å². The van der Waals surface area contributed by atoms with Crippen molar-refractivity contribution < 1.29 is 37.4 Å². The summed E-state index contributed by atoms with van der Waals surface area (Å²) >= 11 is 14.0. The summed E-state index contributed by atoms with van der Waals surface area (Å²) in [6.45, 7) is 3.50. The Morgan fingerprint density at radius 3 is 1.79 bits per heavy atom. The molecule has 0 spiro atoms. The highest BCUT2D eigenvalue weighted by atomic mass is 35.5. The fourth-order valence-electron chi connectivity index (χ4n) is 7.04.